The fraction of sp³-hybridized carbons (Fsp3) is 0.467. The number of carbonyl (C=O) groups excluding carboxylic acids is 1. The molecule has 1 atom stereocenters. The average Bonchev–Trinajstić information content (AvgIpc) is 3.64. The molecule has 11 nitrogen and oxygen atoms in total. The van der Waals surface area contributed by atoms with E-state index in [1.54, 1.807) is 21.5 Å². The van der Waals surface area contributed by atoms with Crippen LogP contribution in [0.5, 0.6) is 0 Å². The second-order valence-electron chi connectivity index (χ2n) is 11.7. The van der Waals surface area contributed by atoms with Gasteiger partial charge in [0.05, 0.1) is 43.2 Å². The summed E-state index contributed by atoms with van der Waals surface area (Å²) >= 11 is 0. The van der Waals surface area contributed by atoms with Gasteiger partial charge in [0, 0.05) is 45.1 Å². The molecule has 0 amide bonds. The molecule has 0 N–H and O–H groups in total. The number of hydrogen-bond donors (Lipinski definition) is 0. The zero-order chi connectivity index (χ0) is 28.7. The Morgan fingerprint density at radius 3 is 2.51 bits per heavy atom. The van der Waals surface area contributed by atoms with Gasteiger partial charge in [0.2, 0.25) is 0 Å². The molecule has 0 unspecified atom stereocenters. The van der Waals surface area contributed by atoms with E-state index < -0.39 is 5.60 Å². The molecular weight excluding hydrogens is 522 g/mol. The summed E-state index contributed by atoms with van der Waals surface area (Å²) in [5.74, 6) is 0.390. The van der Waals surface area contributed by atoms with Gasteiger partial charge in [-0.1, -0.05) is 0 Å². The van der Waals surface area contributed by atoms with E-state index in [0.717, 1.165) is 62.0 Å². The van der Waals surface area contributed by atoms with Crippen molar-refractivity contribution < 1.29 is 14.3 Å². The number of likely N-dealkylation sites (tertiary alicyclic amines) is 1. The summed E-state index contributed by atoms with van der Waals surface area (Å²) in [4.78, 5) is 40.2. The first-order chi connectivity index (χ1) is 19.7. The number of pyridine rings is 1. The molecule has 216 valence electrons. The lowest BCUT2D eigenvalue weighted by Gasteiger charge is -2.28. The highest BCUT2D eigenvalue weighted by Gasteiger charge is 2.30. The highest BCUT2D eigenvalue weighted by molar-refractivity contribution is 5.87. The van der Waals surface area contributed by atoms with Crippen LogP contribution in [0, 0.1) is 0 Å². The molecule has 0 spiro atoms. The van der Waals surface area contributed by atoms with Crippen LogP contribution in [0.2, 0.25) is 0 Å². The van der Waals surface area contributed by atoms with E-state index in [-0.39, 0.29) is 17.7 Å². The van der Waals surface area contributed by atoms with E-state index >= 15 is 0 Å². The van der Waals surface area contributed by atoms with Crippen LogP contribution in [0.15, 0.2) is 53.6 Å². The maximum absolute atomic E-state index is 13.9. The van der Waals surface area contributed by atoms with Crippen molar-refractivity contribution in [2.75, 3.05) is 44.3 Å². The number of fused-ring (bicyclic) bond motifs is 1. The fourth-order valence-electron chi connectivity index (χ4n) is 5.74. The summed E-state index contributed by atoms with van der Waals surface area (Å²) in [6.07, 6.45) is 4.13. The molecule has 1 aromatic carbocycles. The summed E-state index contributed by atoms with van der Waals surface area (Å²) in [5, 5.41) is 0. The Balaban J connectivity index is 1.23. The van der Waals surface area contributed by atoms with Crippen LogP contribution in [0.4, 0.5) is 5.69 Å². The summed E-state index contributed by atoms with van der Waals surface area (Å²) in [6, 6.07) is 12.0. The number of anilines is 1. The number of benzene rings is 1. The molecule has 2 saturated heterocycles. The zero-order valence-corrected chi connectivity index (χ0v) is 24.1. The molecule has 2 fully saturated rings. The molecule has 0 radical (unpaired) electrons. The fourth-order valence-corrected chi connectivity index (χ4v) is 5.74. The number of ether oxygens (including phenoxy) is 2. The second-order valence-corrected chi connectivity index (χ2v) is 11.7. The number of rotatable bonds is 6. The van der Waals surface area contributed by atoms with Crippen molar-refractivity contribution in [3.05, 3.63) is 70.8 Å². The Labute approximate surface area is 238 Å². The largest absolute Gasteiger partial charge is 0.455 e. The molecule has 4 aromatic rings. The van der Waals surface area contributed by atoms with Gasteiger partial charge in [-0.3, -0.25) is 14.0 Å². The van der Waals surface area contributed by atoms with Gasteiger partial charge in [0.25, 0.3) is 0 Å². The van der Waals surface area contributed by atoms with E-state index in [9.17, 15) is 9.59 Å². The van der Waals surface area contributed by atoms with Crippen LogP contribution in [-0.2, 0) is 23.1 Å². The number of esters is 1. The van der Waals surface area contributed by atoms with E-state index in [1.165, 1.54) is 0 Å². The van der Waals surface area contributed by atoms with Gasteiger partial charge in [0.15, 0.2) is 5.65 Å². The highest BCUT2D eigenvalue weighted by atomic mass is 16.6. The third-order valence-corrected chi connectivity index (χ3v) is 7.79. The van der Waals surface area contributed by atoms with Crippen LogP contribution >= 0.6 is 0 Å². The smallest absolute Gasteiger partial charge is 0.357 e. The Bertz CT molecular complexity index is 1610. The second kappa shape index (κ2) is 10.8. The number of hydrogen-bond acceptors (Lipinski definition) is 8. The van der Waals surface area contributed by atoms with Crippen LogP contribution < -0.4 is 10.6 Å². The van der Waals surface area contributed by atoms with Crippen LogP contribution in [0.25, 0.3) is 16.9 Å². The van der Waals surface area contributed by atoms with E-state index in [2.05, 4.69) is 31.9 Å². The van der Waals surface area contributed by atoms with Crippen LogP contribution in [0.1, 0.15) is 49.5 Å². The Morgan fingerprint density at radius 1 is 1.05 bits per heavy atom. The minimum atomic E-state index is -0.574. The van der Waals surface area contributed by atoms with Crippen molar-refractivity contribution >= 4 is 22.8 Å². The van der Waals surface area contributed by atoms with E-state index in [0.29, 0.717) is 24.4 Å². The van der Waals surface area contributed by atoms with E-state index in [1.807, 2.05) is 56.7 Å². The molecular formula is C30H37N7O4. The lowest BCUT2D eigenvalue weighted by atomic mass is 10.2. The first-order valence-corrected chi connectivity index (χ1v) is 14.2. The van der Waals surface area contributed by atoms with Crippen molar-refractivity contribution in [3.8, 4) is 5.69 Å². The van der Waals surface area contributed by atoms with Gasteiger partial charge in [-0.05, 0) is 63.6 Å². The van der Waals surface area contributed by atoms with E-state index in [4.69, 9.17) is 9.47 Å². The maximum Gasteiger partial charge on any atom is 0.357 e. The predicted octanol–water partition coefficient (Wildman–Crippen LogP) is 3.16. The van der Waals surface area contributed by atoms with Gasteiger partial charge in [-0.15, -0.1) is 0 Å². The quantitative estimate of drug-likeness (QED) is 0.332. The Morgan fingerprint density at radius 2 is 1.78 bits per heavy atom. The Kier molecular flexibility index (Phi) is 7.16. The monoisotopic (exact) mass is 559 g/mol. The molecule has 11 heteroatoms. The molecule has 2 aliphatic heterocycles. The summed E-state index contributed by atoms with van der Waals surface area (Å²) < 4.78 is 16.4. The topological polar surface area (TPSA) is 99.7 Å². The zero-order valence-electron chi connectivity index (χ0n) is 24.1. The SMILES string of the molecule is Cn1c(C(=O)OC(C)(C)C)cnc1CN1CC[C@H](n2c(=O)n(-c3ccc(N4CCOCC4)cc3)c3cccnc32)C1. The number of imidazole rings is 2. The van der Waals surface area contributed by atoms with Crippen LogP contribution in [-0.4, -0.2) is 79.5 Å². The predicted molar refractivity (Wildman–Crippen MR) is 156 cm³/mol. The van der Waals surface area contributed by atoms with Crippen molar-refractivity contribution in [2.45, 2.75) is 45.4 Å². The number of nitrogens with zero attached hydrogens (tertiary/aromatic N) is 7. The van der Waals surface area contributed by atoms with Crippen molar-refractivity contribution in [2.24, 2.45) is 7.05 Å². The first kappa shape index (κ1) is 27.2. The molecule has 5 heterocycles. The van der Waals surface area contributed by atoms with Crippen molar-refractivity contribution in [1.82, 2.24) is 28.6 Å². The third kappa shape index (κ3) is 5.39. The minimum absolute atomic E-state index is 0.0284. The maximum atomic E-state index is 13.9. The summed E-state index contributed by atoms with van der Waals surface area (Å²) in [7, 11) is 1.83. The molecule has 0 bridgehead atoms. The number of aromatic nitrogens is 5. The summed E-state index contributed by atoms with van der Waals surface area (Å²) in [5.41, 5.74) is 3.19. The average molecular weight is 560 g/mol. The highest BCUT2D eigenvalue weighted by Crippen LogP contribution is 2.27. The van der Waals surface area contributed by atoms with Gasteiger partial charge in [-0.2, -0.15) is 0 Å². The molecule has 0 aliphatic carbocycles. The van der Waals surface area contributed by atoms with Gasteiger partial charge < -0.3 is 18.9 Å². The molecule has 3 aromatic heterocycles. The standard InChI is InChI=1S/C30H37N7O4/c1-30(2,3)41-28(38)25-18-32-26(33(25)4)20-34-13-11-23(19-34)37-27-24(6-5-12-31-27)36(29(37)39)22-9-7-21(8-10-22)35-14-16-40-17-15-35/h5-10,12,18,23H,11,13-17,19-20H2,1-4H3/t23-/m0/s1. The minimum Gasteiger partial charge on any atom is -0.455 e. The first-order valence-electron chi connectivity index (χ1n) is 14.2. The van der Waals surface area contributed by atoms with Crippen LogP contribution in [0.3, 0.4) is 0 Å². The van der Waals surface area contributed by atoms with Gasteiger partial charge in [-0.25, -0.2) is 19.6 Å². The number of carbonyl (C=O) groups is 1. The number of morpholine rings is 1. The molecule has 0 saturated carbocycles. The molecule has 41 heavy (non-hydrogen) atoms. The molecule has 6 rings (SSSR count). The summed E-state index contributed by atoms with van der Waals surface area (Å²) in [6.45, 7) is 10.8. The van der Waals surface area contributed by atoms with Gasteiger partial charge in [0.1, 0.15) is 17.1 Å². The lowest BCUT2D eigenvalue weighted by Crippen LogP contribution is -2.36. The van der Waals surface area contributed by atoms with Crippen molar-refractivity contribution in [1.29, 1.82) is 0 Å². The normalized spacial score (nSPS) is 18.3. The van der Waals surface area contributed by atoms with Crippen molar-refractivity contribution in [3.63, 3.8) is 0 Å². The Hall–Kier alpha value is -3.96. The lowest BCUT2D eigenvalue weighted by molar-refractivity contribution is 0.00583. The van der Waals surface area contributed by atoms with Gasteiger partial charge >= 0.3 is 11.7 Å². The third-order valence-electron chi connectivity index (χ3n) is 7.79. The molecule has 2 aliphatic rings.